The van der Waals surface area contributed by atoms with Crippen molar-refractivity contribution in [1.82, 2.24) is 39.0 Å². The second-order valence-corrected chi connectivity index (χ2v) is 11.0. The summed E-state index contributed by atoms with van der Waals surface area (Å²) in [7, 11) is -2.12. The van der Waals surface area contributed by atoms with Gasteiger partial charge in [0, 0.05) is 14.2 Å². The standard InChI is InChI=1S/C21H27N10O11P/c1-23-14-8-15(25-4-24-14)30(5-26-8)18-11(33)10(32)7(40-18)3-39-43(36,37)42-13-12(34)19(41-20(13)38-2)31-6-27-9-16(31)28-21(22)29-17(9)35/h4-7,10-13,18-20,32-34H,3H2,1-2H3,(H,36,37)(H,23,24,25)(H3,22,28,29,35)/t7-,10?,11?,12?,13?,18-,19-,20+/m1/s1. The van der Waals surface area contributed by atoms with Crippen LogP contribution in [0.2, 0.25) is 0 Å². The molecule has 2 aliphatic heterocycles. The number of hydrogen-bond acceptors (Lipinski definition) is 17. The Balaban J connectivity index is 1.14. The third kappa shape index (κ3) is 5.14. The summed E-state index contributed by atoms with van der Waals surface area (Å²) < 4.78 is 42.4. The number of aromatic amines is 1. The van der Waals surface area contributed by atoms with Crippen LogP contribution >= 0.6 is 7.82 Å². The molecule has 0 amide bonds. The average molecular weight is 626 g/mol. The summed E-state index contributed by atoms with van der Waals surface area (Å²) in [6, 6.07) is 0. The number of methoxy groups -OCH3 is 1. The van der Waals surface area contributed by atoms with Gasteiger partial charge in [-0.05, 0) is 0 Å². The van der Waals surface area contributed by atoms with E-state index >= 15 is 0 Å². The largest absolute Gasteiger partial charge is 0.472 e. The van der Waals surface area contributed by atoms with Crippen molar-refractivity contribution in [1.29, 1.82) is 0 Å². The van der Waals surface area contributed by atoms with Crippen LogP contribution in [0, 0.1) is 0 Å². The van der Waals surface area contributed by atoms with Gasteiger partial charge >= 0.3 is 7.82 Å². The smallest absolute Gasteiger partial charge is 0.387 e. The van der Waals surface area contributed by atoms with Crippen LogP contribution in [0.25, 0.3) is 22.3 Å². The number of nitrogens with two attached hydrogens (primary N) is 1. The third-order valence-corrected chi connectivity index (χ3v) is 7.98. The van der Waals surface area contributed by atoms with Gasteiger partial charge < -0.3 is 45.5 Å². The first-order chi connectivity index (χ1) is 20.5. The van der Waals surface area contributed by atoms with Crippen molar-refractivity contribution in [2.24, 2.45) is 0 Å². The molecule has 43 heavy (non-hydrogen) atoms. The van der Waals surface area contributed by atoms with E-state index in [2.05, 4.69) is 35.2 Å². The van der Waals surface area contributed by atoms with Crippen molar-refractivity contribution in [3.05, 3.63) is 29.3 Å². The van der Waals surface area contributed by atoms with E-state index in [4.69, 9.17) is 29.0 Å². The Kier molecular flexibility index (Phi) is 7.62. The monoisotopic (exact) mass is 626 g/mol. The maximum Gasteiger partial charge on any atom is 0.472 e. The molecule has 0 spiro atoms. The van der Waals surface area contributed by atoms with Crippen LogP contribution in [0.3, 0.4) is 0 Å². The predicted octanol–water partition coefficient (Wildman–Crippen LogP) is -2.43. The second-order valence-electron chi connectivity index (χ2n) is 9.57. The van der Waals surface area contributed by atoms with Gasteiger partial charge in [0.1, 0.15) is 36.3 Å². The predicted molar refractivity (Wildman–Crippen MR) is 141 cm³/mol. The molecule has 2 fully saturated rings. The third-order valence-electron chi connectivity index (χ3n) is 6.99. The number of nitrogens with zero attached hydrogens (tertiary/aromatic N) is 7. The Morgan fingerprint density at radius 3 is 2.47 bits per heavy atom. The maximum absolute atomic E-state index is 12.9. The minimum Gasteiger partial charge on any atom is -0.387 e. The summed E-state index contributed by atoms with van der Waals surface area (Å²) >= 11 is 0. The first kappa shape index (κ1) is 29.4. The molecule has 9 atom stereocenters. The van der Waals surface area contributed by atoms with E-state index in [0.29, 0.717) is 17.0 Å². The highest BCUT2D eigenvalue weighted by Crippen LogP contribution is 2.49. The van der Waals surface area contributed by atoms with Crippen molar-refractivity contribution in [3.63, 3.8) is 0 Å². The quantitative estimate of drug-likeness (QED) is 0.0950. The zero-order chi connectivity index (χ0) is 30.6. The number of ether oxygens (including phenoxy) is 3. The number of anilines is 2. The van der Waals surface area contributed by atoms with E-state index < -0.39 is 69.3 Å². The van der Waals surface area contributed by atoms with E-state index in [1.165, 1.54) is 35.2 Å². The van der Waals surface area contributed by atoms with Gasteiger partial charge in [-0.2, -0.15) is 4.98 Å². The van der Waals surface area contributed by atoms with Crippen LogP contribution in [0.15, 0.2) is 23.8 Å². The number of aromatic nitrogens is 8. The molecule has 0 bridgehead atoms. The number of imidazole rings is 2. The summed E-state index contributed by atoms with van der Waals surface area (Å²) in [4.78, 5) is 45.3. The first-order valence-electron chi connectivity index (χ1n) is 12.6. The van der Waals surface area contributed by atoms with Crippen molar-refractivity contribution in [3.8, 4) is 0 Å². The highest BCUT2D eigenvalue weighted by Gasteiger charge is 2.51. The molecule has 0 radical (unpaired) electrons. The highest BCUT2D eigenvalue weighted by molar-refractivity contribution is 7.47. The zero-order valence-electron chi connectivity index (χ0n) is 22.4. The number of aliphatic hydroxyl groups is 3. The molecule has 21 nitrogen and oxygen atoms in total. The molecule has 232 valence electrons. The van der Waals surface area contributed by atoms with Crippen LogP contribution in [0.1, 0.15) is 12.5 Å². The van der Waals surface area contributed by atoms with Crippen LogP contribution in [0.4, 0.5) is 11.8 Å². The molecule has 5 unspecified atom stereocenters. The topological polar surface area (TPSA) is 289 Å². The molecule has 4 aromatic heterocycles. The summed E-state index contributed by atoms with van der Waals surface area (Å²) in [5.41, 5.74) is 5.58. The number of phosphoric acid groups is 1. The summed E-state index contributed by atoms with van der Waals surface area (Å²) in [6.45, 7) is -0.700. The molecule has 0 saturated carbocycles. The van der Waals surface area contributed by atoms with Gasteiger partial charge in [-0.1, -0.05) is 0 Å². The molecule has 0 aliphatic carbocycles. The molecule has 8 N–H and O–H groups in total. The van der Waals surface area contributed by atoms with E-state index in [9.17, 15) is 29.6 Å². The lowest BCUT2D eigenvalue weighted by Gasteiger charge is -2.23. The van der Waals surface area contributed by atoms with Gasteiger partial charge in [0.25, 0.3) is 5.56 Å². The minimum absolute atomic E-state index is 0.0240. The molecular formula is C21H27N10O11P. The van der Waals surface area contributed by atoms with Crippen molar-refractivity contribution in [2.45, 2.75) is 49.3 Å². The SMILES string of the molecule is CNc1ncnc2c1ncn2[C@@H]1O[C@H](COP(=O)(O)OC2C(O)[C@H](n3cnc4c(=O)[nH]c(N)nc43)O[C@@H]2OC)C(O)C1O. The highest BCUT2D eigenvalue weighted by atomic mass is 31.2. The number of nitrogen functional groups attached to an aromatic ring is 1. The van der Waals surface area contributed by atoms with Crippen molar-refractivity contribution < 1.29 is 48.0 Å². The van der Waals surface area contributed by atoms with Crippen molar-refractivity contribution in [2.75, 3.05) is 31.8 Å². The molecular weight excluding hydrogens is 599 g/mol. The van der Waals surface area contributed by atoms with Crippen LogP contribution in [0.5, 0.6) is 0 Å². The fourth-order valence-electron chi connectivity index (χ4n) is 4.95. The van der Waals surface area contributed by atoms with Gasteiger partial charge in [-0.3, -0.25) is 28.0 Å². The molecule has 6 heterocycles. The Labute approximate surface area is 239 Å². The summed E-state index contributed by atoms with van der Waals surface area (Å²) in [5, 5.41) is 35.1. The lowest BCUT2D eigenvalue weighted by molar-refractivity contribution is -0.159. The molecule has 2 aliphatic rings. The Morgan fingerprint density at radius 1 is 1.05 bits per heavy atom. The minimum atomic E-state index is -4.98. The van der Waals surface area contributed by atoms with E-state index in [1.807, 2.05) is 0 Å². The second kappa shape index (κ2) is 11.1. The first-order valence-corrected chi connectivity index (χ1v) is 14.1. The summed E-state index contributed by atoms with van der Waals surface area (Å²) in [6.07, 6.45) is -7.60. The number of aliphatic hydroxyl groups excluding tert-OH is 3. The number of rotatable bonds is 9. The normalized spacial score (nSPS) is 30.7. The van der Waals surface area contributed by atoms with Gasteiger partial charge in [-0.15, -0.1) is 0 Å². The van der Waals surface area contributed by atoms with Gasteiger partial charge in [-0.25, -0.2) is 24.5 Å². The van der Waals surface area contributed by atoms with E-state index in [1.54, 1.807) is 7.05 Å². The Morgan fingerprint density at radius 2 is 1.74 bits per heavy atom. The fraction of sp³-hybridized carbons (Fsp3) is 0.524. The number of nitrogens with one attached hydrogen (secondary N) is 2. The number of H-pyrrole nitrogens is 1. The lowest BCUT2D eigenvalue weighted by Crippen LogP contribution is -2.36. The van der Waals surface area contributed by atoms with Crippen LogP contribution in [-0.2, 0) is 27.8 Å². The van der Waals surface area contributed by atoms with Crippen LogP contribution in [-0.4, -0.2) is 117 Å². The molecule has 22 heteroatoms. The number of fused-ring (bicyclic) bond motifs is 2. The molecule has 4 aromatic rings. The van der Waals surface area contributed by atoms with Crippen molar-refractivity contribution >= 4 is 41.9 Å². The van der Waals surface area contributed by atoms with Gasteiger partial charge in [0.2, 0.25) is 5.95 Å². The number of hydrogen-bond donors (Lipinski definition) is 7. The molecule has 6 rings (SSSR count). The Hall–Kier alpha value is -3.63. The van der Waals surface area contributed by atoms with E-state index in [0.717, 1.165) is 0 Å². The summed E-state index contributed by atoms with van der Waals surface area (Å²) in [5.74, 6) is 0.219. The fourth-order valence-corrected chi connectivity index (χ4v) is 5.88. The molecule has 0 aromatic carbocycles. The van der Waals surface area contributed by atoms with E-state index in [-0.39, 0.29) is 17.1 Å². The lowest BCUT2D eigenvalue weighted by atomic mass is 10.1. The average Bonchev–Trinajstić information content (AvgIpc) is 3.73. The number of phosphoric ester groups is 1. The Bertz CT molecular complexity index is 1750. The van der Waals surface area contributed by atoms with Crippen LogP contribution < -0.4 is 16.6 Å². The maximum atomic E-state index is 12.9. The van der Waals surface area contributed by atoms with Gasteiger partial charge in [0.05, 0.1) is 19.3 Å². The zero-order valence-corrected chi connectivity index (χ0v) is 23.3. The molecule has 2 saturated heterocycles. The van der Waals surface area contributed by atoms with Gasteiger partial charge in [0.15, 0.2) is 47.5 Å².